The van der Waals surface area contributed by atoms with E-state index in [4.69, 9.17) is 0 Å². The molecule has 2 aromatic rings. The normalized spacial score (nSPS) is 10.4. The summed E-state index contributed by atoms with van der Waals surface area (Å²) in [5.41, 5.74) is 2.04. The smallest absolute Gasteiger partial charge is 0.221 e. The van der Waals surface area contributed by atoms with Gasteiger partial charge in [-0.15, -0.1) is 0 Å². The standard InChI is InChI=1S/C15H20N4O/c1-2-16-10-8-15(20)17-12-13-6-3-4-7-14(13)19-11-5-9-18-19/h3-7,9,11,16H,2,8,10,12H2,1H3,(H,17,20). The van der Waals surface area contributed by atoms with E-state index >= 15 is 0 Å². The quantitative estimate of drug-likeness (QED) is 0.751. The predicted octanol–water partition coefficient (Wildman–Crippen LogP) is 1.49. The first-order valence-corrected chi connectivity index (χ1v) is 6.86. The molecule has 2 N–H and O–H groups in total. The SMILES string of the molecule is CCNCCC(=O)NCc1ccccc1-n1cccn1. The molecule has 0 saturated carbocycles. The van der Waals surface area contributed by atoms with E-state index in [2.05, 4.69) is 15.7 Å². The van der Waals surface area contributed by atoms with Crippen LogP contribution in [0.15, 0.2) is 42.7 Å². The number of para-hydroxylation sites is 1. The van der Waals surface area contributed by atoms with Crippen molar-refractivity contribution in [1.29, 1.82) is 0 Å². The minimum atomic E-state index is 0.0567. The molecule has 1 aromatic heterocycles. The third-order valence-corrected chi connectivity index (χ3v) is 3.00. The Morgan fingerprint density at radius 1 is 1.30 bits per heavy atom. The molecule has 0 saturated heterocycles. The highest BCUT2D eigenvalue weighted by Crippen LogP contribution is 2.12. The molecule has 0 radical (unpaired) electrons. The van der Waals surface area contributed by atoms with E-state index in [9.17, 15) is 4.79 Å². The van der Waals surface area contributed by atoms with Crippen molar-refractivity contribution in [2.24, 2.45) is 0 Å². The van der Waals surface area contributed by atoms with Gasteiger partial charge in [0.2, 0.25) is 5.91 Å². The van der Waals surface area contributed by atoms with E-state index < -0.39 is 0 Å². The Balaban J connectivity index is 1.95. The Bertz CT molecular complexity index is 537. The van der Waals surface area contributed by atoms with Crippen LogP contribution < -0.4 is 10.6 Å². The lowest BCUT2D eigenvalue weighted by Gasteiger charge is -2.10. The van der Waals surface area contributed by atoms with E-state index in [0.29, 0.717) is 19.5 Å². The van der Waals surface area contributed by atoms with Gasteiger partial charge in [0.1, 0.15) is 0 Å². The van der Waals surface area contributed by atoms with Gasteiger partial charge in [-0.3, -0.25) is 4.79 Å². The van der Waals surface area contributed by atoms with Crippen molar-refractivity contribution in [3.05, 3.63) is 48.3 Å². The highest BCUT2D eigenvalue weighted by atomic mass is 16.1. The third-order valence-electron chi connectivity index (χ3n) is 3.00. The van der Waals surface area contributed by atoms with Crippen molar-refractivity contribution in [2.75, 3.05) is 13.1 Å². The van der Waals surface area contributed by atoms with Crippen molar-refractivity contribution in [3.63, 3.8) is 0 Å². The summed E-state index contributed by atoms with van der Waals surface area (Å²) in [5.74, 6) is 0.0567. The van der Waals surface area contributed by atoms with Gasteiger partial charge in [0.05, 0.1) is 5.69 Å². The van der Waals surface area contributed by atoms with Gasteiger partial charge in [0, 0.05) is 31.9 Å². The summed E-state index contributed by atoms with van der Waals surface area (Å²) >= 11 is 0. The highest BCUT2D eigenvalue weighted by Gasteiger charge is 2.06. The van der Waals surface area contributed by atoms with Crippen LogP contribution in [0.3, 0.4) is 0 Å². The summed E-state index contributed by atoms with van der Waals surface area (Å²) in [4.78, 5) is 11.7. The van der Waals surface area contributed by atoms with Crippen LogP contribution in [0.4, 0.5) is 0 Å². The molecule has 5 heteroatoms. The predicted molar refractivity (Wildman–Crippen MR) is 78.6 cm³/mol. The lowest BCUT2D eigenvalue weighted by molar-refractivity contribution is -0.121. The van der Waals surface area contributed by atoms with E-state index in [0.717, 1.165) is 17.8 Å². The van der Waals surface area contributed by atoms with E-state index in [1.165, 1.54) is 0 Å². The van der Waals surface area contributed by atoms with Crippen LogP contribution >= 0.6 is 0 Å². The van der Waals surface area contributed by atoms with Crippen LogP contribution in [0.2, 0.25) is 0 Å². The van der Waals surface area contributed by atoms with Crippen LogP contribution in [-0.4, -0.2) is 28.8 Å². The summed E-state index contributed by atoms with van der Waals surface area (Å²) in [6, 6.07) is 9.81. The molecular weight excluding hydrogens is 252 g/mol. The van der Waals surface area contributed by atoms with Crippen LogP contribution in [0.1, 0.15) is 18.9 Å². The zero-order valence-corrected chi connectivity index (χ0v) is 11.7. The minimum Gasteiger partial charge on any atom is -0.352 e. The molecule has 0 aliphatic heterocycles. The molecule has 5 nitrogen and oxygen atoms in total. The number of amides is 1. The molecule has 0 aliphatic rings. The number of aromatic nitrogens is 2. The Morgan fingerprint density at radius 2 is 2.15 bits per heavy atom. The molecule has 0 atom stereocenters. The van der Waals surface area contributed by atoms with Crippen molar-refractivity contribution in [1.82, 2.24) is 20.4 Å². The number of nitrogens with one attached hydrogen (secondary N) is 2. The molecule has 1 heterocycles. The molecule has 0 unspecified atom stereocenters. The van der Waals surface area contributed by atoms with E-state index in [1.54, 1.807) is 10.9 Å². The molecule has 20 heavy (non-hydrogen) atoms. The number of benzene rings is 1. The molecule has 106 valence electrons. The van der Waals surface area contributed by atoms with Gasteiger partial charge in [-0.05, 0) is 24.2 Å². The minimum absolute atomic E-state index is 0.0567. The molecule has 0 bridgehead atoms. The van der Waals surface area contributed by atoms with Gasteiger partial charge in [-0.2, -0.15) is 5.10 Å². The monoisotopic (exact) mass is 272 g/mol. The first-order valence-electron chi connectivity index (χ1n) is 6.86. The molecule has 0 spiro atoms. The van der Waals surface area contributed by atoms with Crippen molar-refractivity contribution >= 4 is 5.91 Å². The molecular formula is C15H20N4O. The van der Waals surface area contributed by atoms with Gasteiger partial charge in [-0.1, -0.05) is 25.1 Å². The number of carbonyl (C=O) groups is 1. The maximum atomic E-state index is 11.7. The van der Waals surface area contributed by atoms with Crippen LogP contribution in [0, 0.1) is 0 Å². The summed E-state index contributed by atoms with van der Waals surface area (Å²) in [6.45, 7) is 4.14. The van der Waals surface area contributed by atoms with Gasteiger partial charge >= 0.3 is 0 Å². The van der Waals surface area contributed by atoms with Gasteiger partial charge in [-0.25, -0.2) is 4.68 Å². The summed E-state index contributed by atoms with van der Waals surface area (Å²) in [5, 5.41) is 10.3. The van der Waals surface area contributed by atoms with Gasteiger partial charge in [0.25, 0.3) is 0 Å². The molecule has 2 rings (SSSR count). The first kappa shape index (κ1) is 14.3. The number of hydrogen-bond acceptors (Lipinski definition) is 3. The summed E-state index contributed by atoms with van der Waals surface area (Å²) in [6.07, 6.45) is 4.13. The number of carbonyl (C=O) groups excluding carboxylic acids is 1. The largest absolute Gasteiger partial charge is 0.352 e. The van der Waals surface area contributed by atoms with Gasteiger partial charge < -0.3 is 10.6 Å². The second-order valence-electron chi connectivity index (χ2n) is 4.46. The van der Waals surface area contributed by atoms with Crippen LogP contribution in [-0.2, 0) is 11.3 Å². The van der Waals surface area contributed by atoms with Crippen molar-refractivity contribution in [3.8, 4) is 5.69 Å². The fourth-order valence-corrected chi connectivity index (χ4v) is 1.96. The lowest BCUT2D eigenvalue weighted by Crippen LogP contribution is -2.27. The topological polar surface area (TPSA) is 59.0 Å². The van der Waals surface area contributed by atoms with Crippen molar-refractivity contribution in [2.45, 2.75) is 19.9 Å². The number of hydrogen-bond donors (Lipinski definition) is 2. The van der Waals surface area contributed by atoms with E-state index in [-0.39, 0.29) is 5.91 Å². The molecule has 0 aliphatic carbocycles. The van der Waals surface area contributed by atoms with Crippen LogP contribution in [0.25, 0.3) is 5.69 Å². The lowest BCUT2D eigenvalue weighted by atomic mass is 10.1. The third kappa shape index (κ3) is 3.93. The molecule has 1 aromatic carbocycles. The second kappa shape index (κ2) is 7.45. The number of nitrogens with zero attached hydrogens (tertiary/aromatic N) is 2. The molecule has 1 amide bonds. The average Bonchev–Trinajstić information content (AvgIpc) is 3.00. The highest BCUT2D eigenvalue weighted by molar-refractivity contribution is 5.76. The Hall–Kier alpha value is -2.14. The Morgan fingerprint density at radius 3 is 2.90 bits per heavy atom. The molecule has 0 fully saturated rings. The maximum Gasteiger partial charge on any atom is 0.221 e. The Kier molecular flexibility index (Phi) is 5.32. The fourth-order valence-electron chi connectivity index (χ4n) is 1.96. The van der Waals surface area contributed by atoms with Crippen LogP contribution in [0.5, 0.6) is 0 Å². The Labute approximate surface area is 119 Å². The zero-order chi connectivity index (χ0) is 14.2. The average molecular weight is 272 g/mol. The van der Waals surface area contributed by atoms with Crippen molar-refractivity contribution < 1.29 is 4.79 Å². The maximum absolute atomic E-state index is 11.7. The zero-order valence-electron chi connectivity index (χ0n) is 11.7. The van der Waals surface area contributed by atoms with E-state index in [1.807, 2.05) is 43.5 Å². The fraction of sp³-hybridized carbons (Fsp3) is 0.333. The summed E-state index contributed by atoms with van der Waals surface area (Å²) in [7, 11) is 0. The second-order valence-corrected chi connectivity index (χ2v) is 4.46. The van der Waals surface area contributed by atoms with Gasteiger partial charge in [0.15, 0.2) is 0 Å². The summed E-state index contributed by atoms with van der Waals surface area (Å²) < 4.78 is 1.81. The first-order chi connectivity index (χ1) is 9.81. The number of rotatable bonds is 7.